The molecule has 3 aromatic rings. The first kappa shape index (κ1) is 21.2. The number of aliphatic hydroxyl groups excluding tert-OH is 1. The van der Waals surface area contributed by atoms with Gasteiger partial charge in [0.1, 0.15) is 11.5 Å². The molecule has 0 atom stereocenters. The van der Waals surface area contributed by atoms with Gasteiger partial charge in [0.25, 0.3) is 5.91 Å². The summed E-state index contributed by atoms with van der Waals surface area (Å²) in [6.07, 6.45) is 3.79. The Morgan fingerprint density at radius 2 is 1.68 bits per heavy atom. The van der Waals surface area contributed by atoms with E-state index in [1.54, 1.807) is 14.2 Å². The van der Waals surface area contributed by atoms with Crippen molar-refractivity contribution in [2.24, 2.45) is 5.92 Å². The number of benzene rings is 3. The monoisotopic (exact) mass is 419 g/mol. The molecular weight excluding hydrogens is 390 g/mol. The Balaban J connectivity index is 1.53. The zero-order chi connectivity index (χ0) is 21.8. The predicted octanol–water partition coefficient (Wildman–Crippen LogP) is 4.80. The van der Waals surface area contributed by atoms with Crippen molar-refractivity contribution in [3.8, 4) is 22.6 Å². The number of rotatable bonds is 6. The van der Waals surface area contributed by atoms with Crippen molar-refractivity contribution in [2.45, 2.75) is 31.7 Å². The van der Waals surface area contributed by atoms with Crippen LogP contribution in [0.5, 0.6) is 11.5 Å². The molecule has 1 aliphatic carbocycles. The molecule has 5 heteroatoms. The maximum Gasteiger partial charge on any atom is 0.251 e. The summed E-state index contributed by atoms with van der Waals surface area (Å²) in [5, 5.41) is 14.5. The van der Waals surface area contributed by atoms with Crippen molar-refractivity contribution < 1.29 is 19.4 Å². The first-order valence-corrected chi connectivity index (χ1v) is 10.8. The number of carbonyl (C=O) groups is 1. The summed E-state index contributed by atoms with van der Waals surface area (Å²) in [6, 6.07) is 18.0. The van der Waals surface area contributed by atoms with Crippen LogP contribution >= 0.6 is 0 Å². The number of methoxy groups -OCH3 is 2. The maximum atomic E-state index is 12.8. The fourth-order valence-electron chi connectivity index (χ4n) is 4.35. The van der Waals surface area contributed by atoms with E-state index < -0.39 is 0 Å². The summed E-state index contributed by atoms with van der Waals surface area (Å²) >= 11 is 0. The van der Waals surface area contributed by atoms with Gasteiger partial charge < -0.3 is 19.9 Å². The second-order valence-electron chi connectivity index (χ2n) is 8.22. The topological polar surface area (TPSA) is 67.8 Å². The minimum absolute atomic E-state index is 0.0322. The normalized spacial score (nSPS) is 18.5. The third kappa shape index (κ3) is 4.67. The van der Waals surface area contributed by atoms with Crippen LogP contribution in [-0.4, -0.2) is 37.9 Å². The summed E-state index contributed by atoms with van der Waals surface area (Å²) < 4.78 is 10.8. The molecule has 0 unspecified atom stereocenters. The van der Waals surface area contributed by atoms with E-state index >= 15 is 0 Å². The van der Waals surface area contributed by atoms with Crippen molar-refractivity contribution >= 4 is 16.7 Å². The zero-order valence-electron chi connectivity index (χ0n) is 18.1. The van der Waals surface area contributed by atoms with Crippen LogP contribution in [-0.2, 0) is 0 Å². The number of amides is 1. The van der Waals surface area contributed by atoms with Crippen LogP contribution in [0.3, 0.4) is 0 Å². The second-order valence-corrected chi connectivity index (χ2v) is 8.22. The van der Waals surface area contributed by atoms with Crippen LogP contribution in [0.15, 0.2) is 54.6 Å². The molecule has 5 nitrogen and oxygen atoms in total. The van der Waals surface area contributed by atoms with E-state index in [2.05, 4.69) is 11.4 Å². The Kier molecular flexibility index (Phi) is 6.42. The molecule has 4 rings (SSSR count). The van der Waals surface area contributed by atoms with E-state index in [1.165, 1.54) is 0 Å². The van der Waals surface area contributed by atoms with Crippen molar-refractivity contribution in [3.63, 3.8) is 0 Å². The Morgan fingerprint density at radius 3 is 2.39 bits per heavy atom. The zero-order valence-corrected chi connectivity index (χ0v) is 18.1. The molecule has 162 valence electrons. The van der Waals surface area contributed by atoms with Gasteiger partial charge in [0.15, 0.2) is 0 Å². The van der Waals surface area contributed by atoms with Crippen molar-refractivity contribution in [1.29, 1.82) is 0 Å². The van der Waals surface area contributed by atoms with Gasteiger partial charge in [0.2, 0.25) is 0 Å². The average Bonchev–Trinajstić information content (AvgIpc) is 2.83. The second kappa shape index (κ2) is 9.40. The quantitative estimate of drug-likeness (QED) is 0.602. The Morgan fingerprint density at radius 1 is 0.935 bits per heavy atom. The number of ether oxygens (including phenoxy) is 2. The lowest BCUT2D eigenvalue weighted by molar-refractivity contribution is 0.0914. The van der Waals surface area contributed by atoms with Gasteiger partial charge in [-0.2, -0.15) is 0 Å². The third-order valence-electron chi connectivity index (χ3n) is 6.26. The average molecular weight is 420 g/mol. The van der Waals surface area contributed by atoms with Gasteiger partial charge in [-0.1, -0.05) is 18.2 Å². The number of fused-ring (bicyclic) bond motifs is 1. The Labute approximate surface area is 183 Å². The molecule has 1 aliphatic rings. The molecule has 1 amide bonds. The lowest BCUT2D eigenvalue weighted by atomic mass is 9.86. The largest absolute Gasteiger partial charge is 0.497 e. The van der Waals surface area contributed by atoms with Gasteiger partial charge in [-0.25, -0.2) is 0 Å². The summed E-state index contributed by atoms with van der Waals surface area (Å²) in [7, 11) is 3.29. The van der Waals surface area contributed by atoms with Crippen LogP contribution < -0.4 is 14.8 Å². The van der Waals surface area contributed by atoms with E-state index in [1.807, 2.05) is 48.5 Å². The molecule has 0 aromatic heterocycles. The van der Waals surface area contributed by atoms with E-state index in [9.17, 15) is 9.90 Å². The highest BCUT2D eigenvalue weighted by molar-refractivity contribution is 5.99. The molecule has 1 saturated carbocycles. The molecule has 31 heavy (non-hydrogen) atoms. The lowest BCUT2D eigenvalue weighted by Crippen LogP contribution is -2.38. The third-order valence-corrected chi connectivity index (χ3v) is 6.26. The molecule has 0 aliphatic heterocycles. The number of carbonyl (C=O) groups excluding carboxylic acids is 1. The van der Waals surface area contributed by atoms with Crippen LogP contribution in [0.25, 0.3) is 21.9 Å². The molecular formula is C26H29NO4. The molecule has 0 heterocycles. The number of hydrogen-bond acceptors (Lipinski definition) is 4. The molecule has 0 spiro atoms. The first-order chi connectivity index (χ1) is 15.1. The number of hydrogen-bond donors (Lipinski definition) is 2. The summed E-state index contributed by atoms with van der Waals surface area (Å²) in [4.78, 5) is 12.8. The molecule has 3 aromatic carbocycles. The van der Waals surface area contributed by atoms with Gasteiger partial charge in [0.05, 0.1) is 14.2 Å². The minimum Gasteiger partial charge on any atom is -0.497 e. The molecule has 0 saturated heterocycles. The van der Waals surface area contributed by atoms with E-state index in [-0.39, 0.29) is 18.6 Å². The fraction of sp³-hybridized carbons (Fsp3) is 0.346. The molecule has 2 N–H and O–H groups in total. The summed E-state index contributed by atoms with van der Waals surface area (Å²) in [5.74, 6) is 1.86. The van der Waals surface area contributed by atoms with Crippen molar-refractivity contribution in [1.82, 2.24) is 5.32 Å². The van der Waals surface area contributed by atoms with Crippen LogP contribution in [0.2, 0.25) is 0 Å². The highest BCUT2D eigenvalue weighted by Gasteiger charge is 2.22. The number of nitrogens with one attached hydrogen (secondary N) is 1. The van der Waals surface area contributed by atoms with E-state index in [0.29, 0.717) is 11.5 Å². The van der Waals surface area contributed by atoms with Gasteiger partial charge in [-0.05, 0) is 78.3 Å². The van der Waals surface area contributed by atoms with Gasteiger partial charge >= 0.3 is 0 Å². The summed E-state index contributed by atoms with van der Waals surface area (Å²) in [6.45, 7) is 0.246. The SMILES string of the molecule is COc1ccc(-c2ccc3cc(C(=O)NC4CCC(CO)CC4)ccc3c2)c(OC)c1. The summed E-state index contributed by atoms with van der Waals surface area (Å²) in [5.41, 5.74) is 2.71. The standard InChI is InChI=1S/C26H29NO4/c1-30-23-11-12-24(25(15-23)31-2)20-7-5-19-14-21(8-6-18(19)13-20)26(29)27-22-9-3-17(16-28)4-10-22/h5-8,11-15,17,22,28H,3-4,9-10,16H2,1-2H3,(H,27,29). The predicted molar refractivity (Wildman–Crippen MR) is 123 cm³/mol. The van der Waals surface area contributed by atoms with E-state index in [0.717, 1.165) is 59.1 Å². The maximum absolute atomic E-state index is 12.8. The molecule has 0 radical (unpaired) electrons. The smallest absolute Gasteiger partial charge is 0.251 e. The lowest BCUT2D eigenvalue weighted by Gasteiger charge is -2.28. The van der Waals surface area contributed by atoms with Crippen LogP contribution in [0.4, 0.5) is 0 Å². The van der Waals surface area contributed by atoms with Gasteiger partial charge in [-0.3, -0.25) is 4.79 Å². The number of aliphatic hydroxyl groups is 1. The van der Waals surface area contributed by atoms with Crippen molar-refractivity contribution in [3.05, 3.63) is 60.2 Å². The Bertz CT molecular complexity index is 1070. The highest BCUT2D eigenvalue weighted by atomic mass is 16.5. The molecule has 0 bridgehead atoms. The highest BCUT2D eigenvalue weighted by Crippen LogP contribution is 2.35. The van der Waals surface area contributed by atoms with Crippen LogP contribution in [0.1, 0.15) is 36.0 Å². The first-order valence-electron chi connectivity index (χ1n) is 10.8. The Hall–Kier alpha value is -3.05. The molecule has 1 fully saturated rings. The van der Waals surface area contributed by atoms with Crippen LogP contribution in [0, 0.1) is 5.92 Å². The fourth-order valence-corrected chi connectivity index (χ4v) is 4.35. The minimum atomic E-state index is -0.0322. The van der Waals surface area contributed by atoms with Crippen molar-refractivity contribution in [2.75, 3.05) is 20.8 Å². The van der Waals surface area contributed by atoms with E-state index in [4.69, 9.17) is 9.47 Å². The van der Waals surface area contributed by atoms with Gasteiger partial charge in [-0.15, -0.1) is 0 Å². The van der Waals surface area contributed by atoms with Gasteiger partial charge in [0, 0.05) is 29.8 Å².